The van der Waals surface area contributed by atoms with Gasteiger partial charge in [0.15, 0.2) is 0 Å². The van der Waals surface area contributed by atoms with Crippen LogP contribution in [0.2, 0.25) is 0 Å². The number of carbonyl (C=O) groups excluding carboxylic acids is 3. The highest BCUT2D eigenvalue weighted by Crippen LogP contribution is 2.13. The molecule has 1 fully saturated rings. The number of rotatable bonds is 6. The monoisotopic (exact) mass is 375 g/mol. The summed E-state index contributed by atoms with van der Waals surface area (Å²) in [7, 11) is 0. The van der Waals surface area contributed by atoms with Crippen LogP contribution in [0.3, 0.4) is 0 Å². The van der Waals surface area contributed by atoms with Crippen molar-refractivity contribution in [2.45, 2.75) is 52.2 Å². The molecular weight excluding hydrogens is 346 g/mol. The SMILES string of the molecule is CC(C)(C)OC(=O)NCCC(=O)NCc1ccc(C(=O)N2CCCC2)cc1. The molecule has 1 aromatic rings. The third kappa shape index (κ3) is 7.29. The average Bonchev–Trinajstić information content (AvgIpc) is 3.13. The van der Waals surface area contributed by atoms with Crippen molar-refractivity contribution >= 4 is 17.9 Å². The Kier molecular flexibility index (Phi) is 7.21. The Labute approximate surface area is 160 Å². The second-order valence-electron chi connectivity index (χ2n) is 7.65. The zero-order valence-corrected chi connectivity index (χ0v) is 16.3. The van der Waals surface area contributed by atoms with E-state index in [1.165, 1.54) is 0 Å². The van der Waals surface area contributed by atoms with Crippen molar-refractivity contribution in [3.63, 3.8) is 0 Å². The predicted octanol–water partition coefficient (Wildman–Crippen LogP) is 2.45. The maximum Gasteiger partial charge on any atom is 0.407 e. The molecule has 3 amide bonds. The highest BCUT2D eigenvalue weighted by molar-refractivity contribution is 5.94. The van der Waals surface area contributed by atoms with Crippen molar-refractivity contribution in [1.29, 1.82) is 0 Å². The third-order valence-electron chi connectivity index (χ3n) is 4.10. The summed E-state index contributed by atoms with van der Waals surface area (Å²) in [5.41, 5.74) is 1.03. The number of likely N-dealkylation sites (tertiary alicyclic amines) is 1. The fourth-order valence-corrected chi connectivity index (χ4v) is 2.75. The number of hydrogen-bond donors (Lipinski definition) is 2. The number of carbonyl (C=O) groups is 3. The molecule has 0 atom stereocenters. The molecule has 1 heterocycles. The molecule has 2 rings (SSSR count). The maximum absolute atomic E-state index is 12.3. The van der Waals surface area contributed by atoms with Gasteiger partial charge in [-0.3, -0.25) is 9.59 Å². The summed E-state index contributed by atoms with van der Waals surface area (Å²) in [6, 6.07) is 7.30. The molecule has 1 saturated heterocycles. The normalized spacial score (nSPS) is 14.0. The van der Waals surface area contributed by atoms with Crippen molar-refractivity contribution in [3.05, 3.63) is 35.4 Å². The van der Waals surface area contributed by atoms with Gasteiger partial charge in [-0.25, -0.2) is 4.79 Å². The topological polar surface area (TPSA) is 87.7 Å². The van der Waals surface area contributed by atoms with E-state index in [1.54, 1.807) is 32.9 Å². The van der Waals surface area contributed by atoms with E-state index in [4.69, 9.17) is 4.74 Å². The molecule has 1 aliphatic rings. The Morgan fingerprint density at radius 3 is 2.26 bits per heavy atom. The highest BCUT2D eigenvalue weighted by atomic mass is 16.6. The maximum atomic E-state index is 12.3. The molecule has 2 N–H and O–H groups in total. The lowest BCUT2D eigenvalue weighted by Crippen LogP contribution is -2.35. The Balaban J connectivity index is 1.69. The van der Waals surface area contributed by atoms with Crippen LogP contribution in [-0.4, -0.2) is 48.0 Å². The summed E-state index contributed by atoms with van der Waals surface area (Å²) in [4.78, 5) is 37.5. The molecule has 0 aromatic heterocycles. The first-order chi connectivity index (χ1) is 12.7. The number of ether oxygens (including phenoxy) is 1. The summed E-state index contributed by atoms with van der Waals surface area (Å²) >= 11 is 0. The summed E-state index contributed by atoms with van der Waals surface area (Å²) in [6.45, 7) is 7.59. The summed E-state index contributed by atoms with van der Waals surface area (Å²) in [5.74, 6) is -0.0976. The van der Waals surface area contributed by atoms with Crippen LogP contribution >= 0.6 is 0 Å². The van der Waals surface area contributed by atoms with E-state index in [-0.39, 0.29) is 24.8 Å². The quantitative estimate of drug-likeness (QED) is 0.799. The van der Waals surface area contributed by atoms with Crippen molar-refractivity contribution < 1.29 is 19.1 Å². The largest absolute Gasteiger partial charge is 0.444 e. The van der Waals surface area contributed by atoms with Crippen molar-refractivity contribution in [1.82, 2.24) is 15.5 Å². The first-order valence-corrected chi connectivity index (χ1v) is 9.36. The van der Waals surface area contributed by atoms with Crippen LogP contribution < -0.4 is 10.6 Å². The van der Waals surface area contributed by atoms with E-state index < -0.39 is 11.7 Å². The zero-order valence-electron chi connectivity index (χ0n) is 16.3. The van der Waals surface area contributed by atoms with Crippen LogP contribution in [0.15, 0.2) is 24.3 Å². The molecule has 0 spiro atoms. The Bertz CT molecular complexity index is 659. The van der Waals surface area contributed by atoms with Gasteiger partial charge in [0.1, 0.15) is 5.60 Å². The van der Waals surface area contributed by atoms with E-state index in [0.29, 0.717) is 12.1 Å². The molecule has 0 bridgehead atoms. The highest BCUT2D eigenvalue weighted by Gasteiger charge is 2.19. The first-order valence-electron chi connectivity index (χ1n) is 9.36. The van der Waals surface area contributed by atoms with E-state index in [9.17, 15) is 14.4 Å². The fraction of sp³-hybridized carbons (Fsp3) is 0.550. The molecule has 0 radical (unpaired) electrons. The fourth-order valence-electron chi connectivity index (χ4n) is 2.75. The standard InChI is InChI=1S/C20H29N3O4/c1-20(2,3)27-19(26)21-11-10-17(24)22-14-15-6-8-16(9-7-15)18(25)23-12-4-5-13-23/h6-9H,4-5,10-14H2,1-3H3,(H,21,26)(H,22,24). The lowest BCUT2D eigenvalue weighted by atomic mass is 10.1. The van der Waals surface area contributed by atoms with Crippen molar-refractivity contribution in [2.24, 2.45) is 0 Å². The lowest BCUT2D eigenvalue weighted by molar-refractivity contribution is -0.121. The molecule has 0 aliphatic carbocycles. The van der Waals surface area contributed by atoms with E-state index in [2.05, 4.69) is 10.6 Å². The van der Waals surface area contributed by atoms with Gasteiger partial charge in [0.05, 0.1) is 0 Å². The van der Waals surface area contributed by atoms with Crippen LogP contribution in [0.4, 0.5) is 4.79 Å². The van der Waals surface area contributed by atoms with Crippen LogP contribution in [0.5, 0.6) is 0 Å². The molecule has 148 valence electrons. The van der Waals surface area contributed by atoms with E-state index in [0.717, 1.165) is 31.5 Å². The summed E-state index contributed by atoms with van der Waals surface area (Å²) < 4.78 is 5.10. The second kappa shape index (κ2) is 9.39. The molecular formula is C20H29N3O4. The summed E-state index contributed by atoms with van der Waals surface area (Å²) in [5, 5.41) is 5.35. The first kappa shape index (κ1) is 20.7. The number of hydrogen-bond acceptors (Lipinski definition) is 4. The van der Waals surface area contributed by atoms with E-state index in [1.807, 2.05) is 17.0 Å². The van der Waals surface area contributed by atoms with Crippen LogP contribution in [0.1, 0.15) is 56.0 Å². The Morgan fingerprint density at radius 2 is 1.67 bits per heavy atom. The van der Waals surface area contributed by atoms with E-state index >= 15 is 0 Å². The van der Waals surface area contributed by atoms with Gasteiger partial charge in [-0.2, -0.15) is 0 Å². The van der Waals surface area contributed by atoms with Gasteiger partial charge in [0, 0.05) is 38.2 Å². The molecule has 1 aromatic carbocycles. The average molecular weight is 375 g/mol. The third-order valence-corrected chi connectivity index (χ3v) is 4.10. The number of nitrogens with zero attached hydrogens (tertiary/aromatic N) is 1. The smallest absolute Gasteiger partial charge is 0.407 e. The Hall–Kier alpha value is -2.57. The van der Waals surface area contributed by atoms with Gasteiger partial charge >= 0.3 is 6.09 Å². The second-order valence-corrected chi connectivity index (χ2v) is 7.65. The summed E-state index contributed by atoms with van der Waals surface area (Å²) in [6.07, 6.45) is 1.77. The number of benzene rings is 1. The van der Waals surface area contributed by atoms with Crippen LogP contribution in [-0.2, 0) is 16.1 Å². The van der Waals surface area contributed by atoms with Gasteiger partial charge in [0.2, 0.25) is 5.91 Å². The van der Waals surface area contributed by atoms with Gasteiger partial charge in [-0.15, -0.1) is 0 Å². The minimum absolute atomic E-state index is 0.0660. The lowest BCUT2D eigenvalue weighted by Gasteiger charge is -2.19. The van der Waals surface area contributed by atoms with Crippen LogP contribution in [0, 0.1) is 0 Å². The minimum atomic E-state index is -0.561. The molecule has 0 unspecified atom stereocenters. The number of nitrogens with one attached hydrogen (secondary N) is 2. The van der Waals surface area contributed by atoms with Crippen molar-refractivity contribution in [2.75, 3.05) is 19.6 Å². The molecule has 1 aliphatic heterocycles. The van der Waals surface area contributed by atoms with Crippen LogP contribution in [0.25, 0.3) is 0 Å². The molecule has 7 heteroatoms. The van der Waals surface area contributed by atoms with Gasteiger partial charge < -0.3 is 20.3 Å². The molecule has 0 saturated carbocycles. The Morgan fingerprint density at radius 1 is 1.04 bits per heavy atom. The number of alkyl carbamates (subject to hydrolysis) is 1. The molecule has 27 heavy (non-hydrogen) atoms. The van der Waals surface area contributed by atoms with Gasteiger partial charge in [-0.05, 0) is 51.3 Å². The minimum Gasteiger partial charge on any atom is -0.444 e. The number of amides is 3. The zero-order chi connectivity index (χ0) is 19.9. The predicted molar refractivity (Wildman–Crippen MR) is 102 cm³/mol. The van der Waals surface area contributed by atoms with Crippen molar-refractivity contribution in [3.8, 4) is 0 Å². The molecule has 7 nitrogen and oxygen atoms in total. The van der Waals surface area contributed by atoms with Gasteiger partial charge in [0.25, 0.3) is 5.91 Å². The van der Waals surface area contributed by atoms with Gasteiger partial charge in [-0.1, -0.05) is 12.1 Å².